The maximum Gasteiger partial charge on any atom is 0.135 e. The van der Waals surface area contributed by atoms with Gasteiger partial charge in [-0.3, -0.25) is 0 Å². The molecule has 0 aromatic carbocycles. The molecule has 0 aliphatic rings. The second-order valence-corrected chi connectivity index (χ2v) is 3.09. The van der Waals surface area contributed by atoms with Crippen LogP contribution in [0.4, 0.5) is 0 Å². The number of pyridine rings is 1. The van der Waals surface area contributed by atoms with E-state index >= 15 is 0 Å². The van der Waals surface area contributed by atoms with E-state index in [-0.39, 0.29) is 0 Å². The average molecular weight is 202 g/mol. The van der Waals surface area contributed by atoms with E-state index in [2.05, 4.69) is 11.1 Å². The monoisotopic (exact) mass is 202 g/mol. The lowest BCUT2D eigenvalue weighted by atomic mass is 10.1. The number of hydrogen-bond donors (Lipinski definition) is 1. The van der Waals surface area contributed by atoms with E-state index in [0.29, 0.717) is 16.0 Å². The molecule has 0 fully saturated rings. The molecule has 0 spiro atoms. The van der Waals surface area contributed by atoms with Crippen LogP contribution in [0.15, 0.2) is 35.1 Å². The summed E-state index contributed by atoms with van der Waals surface area (Å²) in [5, 5.41) is 8.92. The number of H-pyrrole nitrogens is 1. The van der Waals surface area contributed by atoms with Crippen LogP contribution in [-0.4, -0.2) is 4.98 Å². The summed E-state index contributed by atoms with van der Waals surface area (Å²) in [6, 6.07) is 7.40. The largest absolute Gasteiger partial charge is 0.464 e. The fourth-order valence-corrected chi connectivity index (χ4v) is 1.45. The minimum absolute atomic E-state index is 0.432. The summed E-state index contributed by atoms with van der Waals surface area (Å²) in [5.74, 6) is 0.654. The van der Waals surface area contributed by atoms with Crippen molar-refractivity contribution < 1.29 is 4.42 Å². The minimum atomic E-state index is 0.432. The van der Waals surface area contributed by atoms with Gasteiger partial charge in [0.05, 0.1) is 11.8 Å². The number of aromatic nitrogens is 1. The highest BCUT2D eigenvalue weighted by Crippen LogP contribution is 2.23. The second kappa shape index (κ2) is 3.48. The van der Waals surface area contributed by atoms with Gasteiger partial charge in [0.1, 0.15) is 16.5 Å². The molecule has 2 rings (SSSR count). The van der Waals surface area contributed by atoms with Crippen molar-refractivity contribution in [2.75, 3.05) is 0 Å². The van der Waals surface area contributed by atoms with Gasteiger partial charge in [-0.25, -0.2) is 0 Å². The Morgan fingerprint density at radius 1 is 1.43 bits per heavy atom. The number of aromatic amines is 1. The Kier molecular flexibility index (Phi) is 2.17. The molecular formula is C10H6N2OS. The second-order valence-electron chi connectivity index (χ2n) is 2.68. The van der Waals surface area contributed by atoms with Crippen LogP contribution in [0, 0.1) is 16.0 Å². The lowest BCUT2D eigenvalue weighted by Gasteiger charge is -1.98. The van der Waals surface area contributed by atoms with Crippen LogP contribution >= 0.6 is 12.2 Å². The van der Waals surface area contributed by atoms with Crippen molar-refractivity contribution >= 4 is 12.2 Å². The van der Waals surface area contributed by atoms with Gasteiger partial charge >= 0.3 is 0 Å². The molecule has 0 saturated heterocycles. The zero-order chi connectivity index (χ0) is 9.97. The molecule has 0 aliphatic heterocycles. The quantitative estimate of drug-likeness (QED) is 0.723. The first-order chi connectivity index (χ1) is 6.83. The fourth-order valence-electron chi connectivity index (χ4n) is 1.23. The molecular weight excluding hydrogens is 196 g/mol. The van der Waals surface area contributed by atoms with Gasteiger partial charge < -0.3 is 9.40 Å². The van der Waals surface area contributed by atoms with Crippen LogP contribution in [0.1, 0.15) is 5.56 Å². The van der Waals surface area contributed by atoms with Gasteiger partial charge in [-0.2, -0.15) is 5.26 Å². The Labute approximate surface area is 85.6 Å². The average Bonchev–Trinajstić information content (AvgIpc) is 2.70. The van der Waals surface area contributed by atoms with Crippen molar-refractivity contribution in [2.24, 2.45) is 0 Å². The molecule has 0 radical (unpaired) electrons. The topological polar surface area (TPSA) is 52.7 Å². The highest BCUT2D eigenvalue weighted by Gasteiger charge is 2.07. The van der Waals surface area contributed by atoms with E-state index in [0.717, 1.165) is 5.56 Å². The zero-order valence-electron chi connectivity index (χ0n) is 7.15. The normalized spacial score (nSPS) is 9.64. The summed E-state index contributed by atoms with van der Waals surface area (Å²) in [5.41, 5.74) is 1.17. The molecule has 14 heavy (non-hydrogen) atoms. The molecule has 1 N–H and O–H groups in total. The van der Waals surface area contributed by atoms with Gasteiger partial charge in [0.25, 0.3) is 0 Å². The number of nitriles is 1. The molecule has 0 amide bonds. The van der Waals surface area contributed by atoms with E-state index < -0.39 is 0 Å². The summed E-state index contributed by atoms with van der Waals surface area (Å²) in [7, 11) is 0. The van der Waals surface area contributed by atoms with Crippen LogP contribution in [0.2, 0.25) is 0 Å². The van der Waals surface area contributed by atoms with Gasteiger partial charge in [-0.15, -0.1) is 0 Å². The number of nitrogens with one attached hydrogen (secondary N) is 1. The molecule has 2 heterocycles. The Hall–Kier alpha value is -1.86. The SMILES string of the molecule is N#Cc1c(-c2ccco2)cc[nH]c1=S. The summed E-state index contributed by atoms with van der Waals surface area (Å²) in [4.78, 5) is 2.80. The van der Waals surface area contributed by atoms with Crippen molar-refractivity contribution in [3.05, 3.63) is 40.9 Å². The number of rotatable bonds is 1. The van der Waals surface area contributed by atoms with E-state index in [1.807, 2.05) is 0 Å². The Balaban J connectivity index is 2.72. The number of nitrogens with zero attached hydrogens (tertiary/aromatic N) is 1. The van der Waals surface area contributed by atoms with E-state index in [4.69, 9.17) is 21.9 Å². The molecule has 2 aromatic rings. The summed E-state index contributed by atoms with van der Waals surface area (Å²) in [6.45, 7) is 0. The predicted molar refractivity (Wildman–Crippen MR) is 54.0 cm³/mol. The highest BCUT2D eigenvalue weighted by molar-refractivity contribution is 7.71. The maximum absolute atomic E-state index is 8.92. The van der Waals surface area contributed by atoms with Crippen LogP contribution in [-0.2, 0) is 0 Å². The van der Waals surface area contributed by atoms with E-state index in [9.17, 15) is 0 Å². The van der Waals surface area contributed by atoms with Gasteiger partial charge in [-0.05, 0) is 18.2 Å². The van der Waals surface area contributed by atoms with Crippen molar-refractivity contribution in [1.82, 2.24) is 4.98 Å². The Bertz CT molecular complexity index is 534. The molecule has 4 heteroatoms. The smallest absolute Gasteiger partial charge is 0.135 e. The third-order valence-electron chi connectivity index (χ3n) is 1.86. The molecule has 2 aromatic heterocycles. The van der Waals surface area contributed by atoms with Crippen molar-refractivity contribution in [3.63, 3.8) is 0 Å². The van der Waals surface area contributed by atoms with Gasteiger partial charge in [-0.1, -0.05) is 12.2 Å². The molecule has 0 unspecified atom stereocenters. The van der Waals surface area contributed by atoms with Crippen molar-refractivity contribution in [1.29, 1.82) is 5.26 Å². The molecule has 3 nitrogen and oxygen atoms in total. The first-order valence-electron chi connectivity index (χ1n) is 3.98. The molecule has 0 aliphatic carbocycles. The van der Waals surface area contributed by atoms with Crippen molar-refractivity contribution in [2.45, 2.75) is 0 Å². The first kappa shape index (κ1) is 8.73. The van der Waals surface area contributed by atoms with E-state index in [1.54, 1.807) is 30.7 Å². The lowest BCUT2D eigenvalue weighted by molar-refractivity contribution is 0.582. The van der Waals surface area contributed by atoms with E-state index in [1.165, 1.54) is 0 Å². The summed E-state index contributed by atoms with van der Waals surface area (Å²) < 4.78 is 5.64. The van der Waals surface area contributed by atoms with Crippen LogP contribution in [0.5, 0.6) is 0 Å². The first-order valence-corrected chi connectivity index (χ1v) is 4.39. The number of hydrogen-bond acceptors (Lipinski definition) is 3. The van der Waals surface area contributed by atoms with Crippen LogP contribution < -0.4 is 0 Å². The maximum atomic E-state index is 8.92. The van der Waals surface area contributed by atoms with Gasteiger partial charge in [0, 0.05) is 11.8 Å². The molecule has 0 saturated carbocycles. The minimum Gasteiger partial charge on any atom is -0.464 e. The highest BCUT2D eigenvalue weighted by atomic mass is 32.1. The predicted octanol–water partition coefficient (Wildman–Crippen LogP) is 2.88. The zero-order valence-corrected chi connectivity index (χ0v) is 7.97. The molecule has 0 atom stereocenters. The van der Waals surface area contributed by atoms with Crippen molar-refractivity contribution in [3.8, 4) is 17.4 Å². The van der Waals surface area contributed by atoms with Gasteiger partial charge in [0.15, 0.2) is 0 Å². The Morgan fingerprint density at radius 3 is 2.93 bits per heavy atom. The van der Waals surface area contributed by atoms with Crippen LogP contribution in [0.25, 0.3) is 11.3 Å². The lowest BCUT2D eigenvalue weighted by Crippen LogP contribution is -1.86. The van der Waals surface area contributed by atoms with Gasteiger partial charge in [0.2, 0.25) is 0 Å². The molecule has 0 bridgehead atoms. The third kappa shape index (κ3) is 1.34. The fraction of sp³-hybridized carbons (Fsp3) is 0. The third-order valence-corrected chi connectivity index (χ3v) is 2.18. The standard InChI is InChI=1S/C10H6N2OS/c11-6-8-7(3-4-12-10(8)14)9-2-1-5-13-9/h1-5H,(H,12,14). The Morgan fingerprint density at radius 2 is 2.29 bits per heavy atom. The summed E-state index contributed by atoms with van der Waals surface area (Å²) in [6.07, 6.45) is 3.26. The number of furan rings is 1. The summed E-state index contributed by atoms with van der Waals surface area (Å²) >= 11 is 4.99. The molecule has 68 valence electrons. The van der Waals surface area contributed by atoms with Crippen LogP contribution in [0.3, 0.4) is 0 Å².